The number of ether oxygens (including phenoxy) is 1. The lowest BCUT2D eigenvalue weighted by molar-refractivity contribution is -0.0630. The zero-order valence-electron chi connectivity index (χ0n) is 14.5. The SMILES string of the molecule is CC1CCCN(CC(O)COC2CC(C)CC(C)(C)C2)C1. The zero-order valence-corrected chi connectivity index (χ0v) is 14.5. The van der Waals surface area contributed by atoms with Gasteiger partial charge >= 0.3 is 0 Å². The molecule has 2 aliphatic rings. The molecule has 1 aliphatic heterocycles. The van der Waals surface area contributed by atoms with Crippen molar-refractivity contribution >= 4 is 0 Å². The largest absolute Gasteiger partial charge is 0.389 e. The van der Waals surface area contributed by atoms with Crippen LogP contribution in [0.4, 0.5) is 0 Å². The highest BCUT2D eigenvalue weighted by molar-refractivity contribution is 4.83. The van der Waals surface area contributed by atoms with Crippen LogP contribution in [0.2, 0.25) is 0 Å². The second kappa shape index (κ2) is 7.43. The molecule has 3 nitrogen and oxygen atoms in total. The lowest BCUT2D eigenvalue weighted by atomic mass is 9.71. The quantitative estimate of drug-likeness (QED) is 0.845. The molecule has 2 rings (SSSR count). The molecule has 3 heteroatoms. The normalized spacial score (nSPS) is 35.6. The van der Waals surface area contributed by atoms with Crippen molar-refractivity contribution in [3.05, 3.63) is 0 Å². The van der Waals surface area contributed by atoms with E-state index in [1.165, 1.54) is 19.3 Å². The van der Waals surface area contributed by atoms with Crippen LogP contribution in [0.5, 0.6) is 0 Å². The zero-order chi connectivity index (χ0) is 15.5. The second-order valence-corrected chi connectivity index (χ2v) is 8.53. The smallest absolute Gasteiger partial charge is 0.0900 e. The van der Waals surface area contributed by atoms with Crippen LogP contribution < -0.4 is 0 Å². The number of nitrogens with zero attached hydrogens (tertiary/aromatic N) is 1. The van der Waals surface area contributed by atoms with E-state index in [9.17, 15) is 5.11 Å². The van der Waals surface area contributed by atoms with E-state index in [0.29, 0.717) is 18.1 Å². The molecule has 1 saturated carbocycles. The number of piperidine rings is 1. The predicted molar refractivity (Wildman–Crippen MR) is 87.4 cm³/mol. The molecule has 2 fully saturated rings. The summed E-state index contributed by atoms with van der Waals surface area (Å²) in [7, 11) is 0. The van der Waals surface area contributed by atoms with E-state index in [-0.39, 0.29) is 6.10 Å². The molecule has 1 N–H and O–H groups in total. The van der Waals surface area contributed by atoms with E-state index >= 15 is 0 Å². The minimum absolute atomic E-state index is 0.332. The van der Waals surface area contributed by atoms with Crippen LogP contribution in [-0.2, 0) is 4.74 Å². The molecule has 0 aromatic heterocycles. The Bertz CT molecular complexity index is 318. The van der Waals surface area contributed by atoms with Crippen LogP contribution in [0.15, 0.2) is 0 Å². The van der Waals surface area contributed by atoms with Crippen molar-refractivity contribution in [1.29, 1.82) is 0 Å². The van der Waals surface area contributed by atoms with Crippen molar-refractivity contribution in [2.45, 2.75) is 72.0 Å². The van der Waals surface area contributed by atoms with Gasteiger partial charge in [-0.05, 0) is 55.9 Å². The summed E-state index contributed by atoms with van der Waals surface area (Å²) in [6, 6.07) is 0. The van der Waals surface area contributed by atoms with Crippen LogP contribution in [0.3, 0.4) is 0 Å². The number of rotatable bonds is 5. The van der Waals surface area contributed by atoms with Crippen molar-refractivity contribution in [3.63, 3.8) is 0 Å². The monoisotopic (exact) mass is 297 g/mol. The fourth-order valence-corrected chi connectivity index (χ4v) is 4.44. The van der Waals surface area contributed by atoms with Gasteiger partial charge in [0.05, 0.1) is 18.8 Å². The standard InChI is InChI=1S/C18H35NO2/c1-14-6-5-7-19(11-14)12-16(20)13-21-17-8-15(2)9-18(3,4)10-17/h14-17,20H,5-13H2,1-4H3. The van der Waals surface area contributed by atoms with E-state index in [1.54, 1.807) is 0 Å². The van der Waals surface area contributed by atoms with Crippen LogP contribution in [0.25, 0.3) is 0 Å². The summed E-state index contributed by atoms with van der Waals surface area (Å²) < 4.78 is 6.04. The first kappa shape index (κ1) is 17.2. The van der Waals surface area contributed by atoms with Gasteiger partial charge in [-0.15, -0.1) is 0 Å². The molecule has 4 atom stereocenters. The summed E-state index contributed by atoms with van der Waals surface area (Å²) in [5.74, 6) is 1.51. The molecule has 1 heterocycles. The van der Waals surface area contributed by atoms with Crippen LogP contribution >= 0.6 is 0 Å². The first-order chi connectivity index (χ1) is 9.84. The number of β-amino-alcohol motifs (C(OH)–C–C–N with tert-alkyl or cyclic N) is 1. The number of aliphatic hydroxyl groups excluding tert-OH is 1. The van der Waals surface area contributed by atoms with Crippen molar-refractivity contribution in [2.75, 3.05) is 26.2 Å². The van der Waals surface area contributed by atoms with E-state index in [1.807, 2.05) is 0 Å². The topological polar surface area (TPSA) is 32.7 Å². The molecule has 124 valence electrons. The molecule has 0 aromatic carbocycles. The van der Waals surface area contributed by atoms with Crippen LogP contribution in [-0.4, -0.2) is 48.5 Å². The van der Waals surface area contributed by atoms with Crippen molar-refractivity contribution < 1.29 is 9.84 Å². The minimum atomic E-state index is -0.337. The molecular formula is C18H35NO2. The number of aliphatic hydroxyl groups is 1. The molecule has 21 heavy (non-hydrogen) atoms. The number of hydrogen-bond acceptors (Lipinski definition) is 3. The first-order valence-electron chi connectivity index (χ1n) is 8.86. The highest BCUT2D eigenvalue weighted by Gasteiger charge is 2.32. The highest BCUT2D eigenvalue weighted by Crippen LogP contribution is 2.39. The van der Waals surface area contributed by atoms with Gasteiger partial charge in [-0.1, -0.05) is 27.7 Å². The van der Waals surface area contributed by atoms with Crippen molar-refractivity contribution in [3.8, 4) is 0 Å². The van der Waals surface area contributed by atoms with Gasteiger partial charge < -0.3 is 14.7 Å². The van der Waals surface area contributed by atoms with Gasteiger partial charge in [0, 0.05) is 13.1 Å². The van der Waals surface area contributed by atoms with E-state index < -0.39 is 0 Å². The third-order valence-electron chi connectivity index (χ3n) is 5.08. The summed E-state index contributed by atoms with van der Waals surface area (Å²) in [5.41, 5.74) is 0.385. The minimum Gasteiger partial charge on any atom is -0.389 e. The Morgan fingerprint density at radius 2 is 2.00 bits per heavy atom. The van der Waals surface area contributed by atoms with Crippen molar-refractivity contribution in [2.24, 2.45) is 17.3 Å². The van der Waals surface area contributed by atoms with Crippen molar-refractivity contribution in [1.82, 2.24) is 4.90 Å². The first-order valence-corrected chi connectivity index (χ1v) is 8.86. The summed E-state index contributed by atoms with van der Waals surface area (Å²) >= 11 is 0. The Hall–Kier alpha value is -0.120. The van der Waals surface area contributed by atoms with Gasteiger partial charge in [0.2, 0.25) is 0 Å². The Balaban J connectivity index is 1.69. The molecule has 0 spiro atoms. The van der Waals surface area contributed by atoms with E-state index in [0.717, 1.165) is 44.3 Å². The Morgan fingerprint density at radius 3 is 2.67 bits per heavy atom. The predicted octanol–water partition coefficient (Wildman–Crippen LogP) is 3.31. The third kappa shape index (κ3) is 5.88. The molecule has 1 aliphatic carbocycles. The molecule has 0 amide bonds. The average Bonchev–Trinajstić information content (AvgIpc) is 2.34. The fraction of sp³-hybridized carbons (Fsp3) is 1.00. The molecule has 0 radical (unpaired) electrons. The molecule has 0 aromatic rings. The van der Waals surface area contributed by atoms with E-state index in [2.05, 4.69) is 32.6 Å². The number of likely N-dealkylation sites (tertiary alicyclic amines) is 1. The van der Waals surface area contributed by atoms with Gasteiger partial charge in [-0.25, -0.2) is 0 Å². The highest BCUT2D eigenvalue weighted by atomic mass is 16.5. The lowest BCUT2D eigenvalue weighted by Crippen LogP contribution is -2.42. The second-order valence-electron chi connectivity index (χ2n) is 8.53. The molecular weight excluding hydrogens is 262 g/mol. The Labute approximate surface area is 131 Å². The third-order valence-corrected chi connectivity index (χ3v) is 5.08. The number of hydrogen-bond donors (Lipinski definition) is 1. The summed E-state index contributed by atoms with van der Waals surface area (Å²) in [4.78, 5) is 2.40. The Morgan fingerprint density at radius 1 is 1.24 bits per heavy atom. The van der Waals surface area contributed by atoms with E-state index in [4.69, 9.17) is 4.74 Å². The lowest BCUT2D eigenvalue weighted by Gasteiger charge is -2.39. The van der Waals surface area contributed by atoms with Gasteiger partial charge in [0.25, 0.3) is 0 Å². The summed E-state index contributed by atoms with van der Waals surface area (Å²) in [6.45, 7) is 12.8. The fourth-order valence-electron chi connectivity index (χ4n) is 4.44. The maximum Gasteiger partial charge on any atom is 0.0900 e. The van der Waals surface area contributed by atoms with Crippen LogP contribution in [0, 0.1) is 17.3 Å². The summed E-state index contributed by atoms with van der Waals surface area (Å²) in [5, 5.41) is 10.2. The van der Waals surface area contributed by atoms with Gasteiger partial charge in [-0.2, -0.15) is 0 Å². The van der Waals surface area contributed by atoms with Gasteiger partial charge in [0.15, 0.2) is 0 Å². The maximum absolute atomic E-state index is 10.2. The average molecular weight is 297 g/mol. The maximum atomic E-state index is 10.2. The van der Waals surface area contributed by atoms with Gasteiger partial charge in [0.1, 0.15) is 0 Å². The van der Waals surface area contributed by atoms with Crippen LogP contribution in [0.1, 0.15) is 59.8 Å². The molecule has 4 unspecified atom stereocenters. The van der Waals surface area contributed by atoms with Gasteiger partial charge in [-0.3, -0.25) is 0 Å². The Kier molecular flexibility index (Phi) is 6.10. The molecule has 1 saturated heterocycles. The molecule has 0 bridgehead atoms. The summed E-state index contributed by atoms with van der Waals surface area (Å²) in [6.07, 6.45) is 6.17.